The number of ether oxygens (including phenoxy) is 2. The van der Waals surface area contributed by atoms with Gasteiger partial charge in [0.05, 0.1) is 22.1 Å². The molecule has 0 atom stereocenters. The Kier molecular flexibility index (Phi) is 5.33. The molecule has 0 aliphatic carbocycles. The Balaban J connectivity index is 1.68. The molecule has 138 valence electrons. The first-order valence-corrected chi connectivity index (χ1v) is 8.21. The Bertz CT molecular complexity index is 1070. The van der Waals surface area contributed by atoms with Crippen LogP contribution in [-0.2, 0) is 0 Å². The molecule has 0 aliphatic heterocycles. The van der Waals surface area contributed by atoms with E-state index in [9.17, 15) is 14.9 Å². The number of carbonyl (C=O) groups is 1. The lowest BCUT2D eigenvalue weighted by Gasteiger charge is -2.08. The highest BCUT2D eigenvalue weighted by atomic mass is 16.6. The average molecular weight is 374 g/mol. The van der Waals surface area contributed by atoms with Crippen molar-refractivity contribution in [2.75, 3.05) is 0 Å². The molecular weight excluding hydrogens is 360 g/mol. The van der Waals surface area contributed by atoms with Crippen molar-refractivity contribution in [3.05, 3.63) is 93.5 Å². The summed E-state index contributed by atoms with van der Waals surface area (Å²) in [6.45, 7) is 1.60. The molecule has 0 radical (unpaired) electrons. The van der Waals surface area contributed by atoms with E-state index >= 15 is 0 Å². The van der Waals surface area contributed by atoms with Gasteiger partial charge < -0.3 is 9.47 Å². The van der Waals surface area contributed by atoms with Crippen molar-refractivity contribution in [1.29, 1.82) is 5.26 Å². The number of nitro benzene ring substituents is 1. The number of hydrogen-bond acceptors (Lipinski definition) is 6. The number of esters is 1. The second-order valence-electron chi connectivity index (χ2n) is 5.86. The minimum absolute atomic E-state index is 0.0928. The highest BCUT2D eigenvalue weighted by Gasteiger charge is 2.16. The molecule has 7 heteroatoms. The summed E-state index contributed by atoms with van der Waals surface area (Å²) in [5.74, 6) is 0.676. The second kappa shape index (κ2) is 8.01. The fourth-order valence-corrected chi connectivity index (χ4v) is 2.41. The van der Waals surface area contributed by atoms with Crippen molar-refractivity contribution in [3.63, 3.8) is 0 Å². The summed E-state index contributed by atoms with van der Waals surface area (Å²) in [7, 11) is 0. The normalized spacial score (nSPS) is 10.0. The number of benzene rings is 3. The Morgan fingerprint density at radius 1 is 0.964 bits per heavy atom. The molecule has 0 unspecified atom stereocenters. The number of nitro groups is 1. The van der Waals surface area contributed by atoms with E-state index < -0.39 is 10.9 Å². The van der Waals surface area contributed by atoms with Crippen LogP contribution in [0.2, 0.25) is 0 Å². The minimum Gasteiger partial charge on any atom is -0.457 e. The lowest BCUT2D eigenvalue weighted by atomic mass is 10.1. The molecule has 0 saturated heterocycles. The Labute approximate surface area is 160 Å². The van der Waals surface area contributed by atoms with Crippen LogP contribution in [0.15, 0.2) is 66.7 Å². The maximum Gasteiger partial charge on any atom is 0.343 e. The molecule has 0 spiro atoms. The number of aryl methyl sites for hydroxylation is 1. The molecule has 0 aromatic heterocycles. The molecule has 0 aliphatic rings. The average Bonchev–Trinajstić information content (AvgIpc) is 2.70. The van der Waals surface area contributed by atoms with E-state index in [0.717, 1.165) is 0 Å². The van der Waals surface area contributed by atoms with Gasteiger partial charge in [0.15, 0.2) is 0 Å². The zero-order valence-electron chi connectivity index (χ0n) is 14.8. The lowest BCUT2D eigenvalue weighted by molar-refractivity contribution is -0.385. The van der Waals surface area contributed by atoms with Crippen LogP contribution in [0.25, 0.3) is 0 Å². The van der Waals surface area contributed by atoms with E-state index in [-0.39, 0.29) is 17.0 Å². The Morgan fingerprint density at radius 3 is 2.11 bits per heavy atom. The number of nitrogens with zero attached hydrogens (tertiary/aromatic N) is 2. The predicted molar refractivity (Wildman–Crippen MR) is 100 cm³/mol. The molecule has 3 aromatic carbocycles. The van der Waals surface area contributed by atoms with Gasteiger partial charge in [-0.2, -0.15) is 5.26 Å². The summed E-state index contributed by atoms with van der Waals surface area (Å²) < 4.78 is 10.9. The van der Waals surface area contributed by atoms with Crippen molar-refractivity contribution < 1.29 is 19.2 Å². The third-order valence-electron chi connectivity index (χ3n) is 3.89. The van der Waals surface area contributed by atoms with Crippen LogP contribution in [0, 0.1) is 28.4 Å². The van der Waals surface area contributed by atoms with E-state index in [1.165, 1.54) is 18.2 Å². The van der Waals surface area contributed by atoms with Crippen LogP contribution in [-0.4, -0.2) is 10.9 Å². The first-order valence-electron chi connectivity index (χ1n) is 8.21. The summed E-state index contributed by atoms with van der Waals surface area (Å²) in [4.78, 5) is 22.7. The maximum atomic E-state index is 12.2. The largest absolute Gasteiger partial charge is 0.457 e. The molecule has 0 bridgehead atoms. The molecule has 7 nitrogen and oxygen atoms in total. The second-order valence-corrected chi connectivity index (χ2v) is 5.86. The van der Waals surface area contributed by atoms with Crippen molar-refractivity contribution in [2.24, 2.45) is 0 Å². The van der Waals surface area contributed by atoms with Crippen molar-refractivity contribution in [3.8, 4) is 23.3 Å². The zero-order chi connectivity index (χ0) is 20.1. The fourth-order valence-electron chi connectivity index (χ4n) is 2.41. The minimum atomic E-state index is -0.691. The number of hydrogen-bond donors (Lipinski definition) is 0. The van der Waals surface area contributed by atoms with E-state index in [1.807, 2.05) is 6.07 Å². The van der Waals surface area contributed by atoms with Crippen LogP contribution in [0.5, 0.6) is 17.2 Å². The summed E-state index contributed by atoms with van der Waals surface area (Å²) in [6.07, 6.45) is 0. The van der Waals surface area contributed by atoms with Gasteiger partial charge in [0, 0.05) is 11.6 Å². The standard InChI is InChI=1S/C21H14N2O5/c1-14-2-5-16(12-20(14)23(25)26)21(24)28-19-10-8-18(9-11-19)27-17-6-3-15(13-22)4-7-17/h2-12H,1H3. The third-order valence-corrected chi connectivity index (χ3v) is 3.89. The zero-order valence-corrected chi connectivity index (χ0v) is 14.8. The first-order chi connectivity index (χ1) is 13.5. The SMILES string of the molecule is Cc1ccc(C(=O)Oc2ccc(Oc3ccc(C#N)cc3)cc2)cc1[N+](=O)[O-]. The van der Waals surface area contributed by atoms with Gasteiger partial charge in [-0.05, 0) is 61.5 Å². The van der Waals surface area contributed by atoms with Gasteiger partial charge in [0.25, 0.3) is 5.69 Å². The van der Waals surface area contributed by atoms with Gasteiger partial charge in [-0.25, -0.2) is 4.79 Å². The van der Waals surface area contributed by atoms with Gasteiger partial charge in [-0.15, -0.1) is 0 Å². The molecular formula is C21H14N2O5. The molecule has 0 fully saturated rings. The predicted octanol–water partition coefficient (Wildman–Crippen LogP) is 4.79. The third kappa shape index (κ3) is 4.31. The van der Waals surface area contributed by atoms with E-state index in [0.29, 0.717) is 22.6 Å². The quantitative estimate of drug-likeness (QED) is 0.275. The van der Waals surface area contributed by atoms with Crippen molar-refractivity contribution >= 4 is 11.7 Å². The van der Waals surface area contributed by atoms with Crippen LogP contribution in [0.4, 0.5) is 5.69 Å². The Hall–Kier alpha value is -4.18. The van der Waals surface area contributed by atoms with Crippen LogP contribution in [0.1, 0.15) is 21.5 Å². The van der Waals surface area contributed by atoms with E-state index in [1.54, 1.807) is 55.5 Å². The summed E-state index contributed by atoms with van der Waals surface area (Å²) in [5, 5.41) is 19.8. The highest BCUT2D eigenvalue weighted by molar-refractivity contribution is 5.92. The molecule has 28 heavy (non-hydrogen) atoms. The molecule has 0 saturated carbocycles. The van der Waals surface area contributed by atoms with Gasteiger partial charge in [-0.1, -0.05) is 6.07 Å². The van der Waals surface area contributed by atoms with Crippen molar-refractivity contribution in [1.82, 2.24) is 0 Å². The molecule has 0 amide bonds. The number of rotatable bonds is 5. The number of nitriles is 1. The molecule has 0 heterocycles. The maximum absolute atomic E-state index is 12.2. The van der Waals surface area contributed by atoms with Crippen molar-refractivity contribution in [2.45, 2.75) is 6.92 Å². The molecule has 3 aromatic rings. The molecule has 3 rings (SSSR count). The smallest absolute Gasteiger partial charge is 0.343 e. The topological polar surface area (TPSA) is 102 Å². The summed E-state index contributed by atoms with van der Waals surface area (Å²) >= 11 is 0. The van der Waals surface area contributed by atoms with Gasteiger partial charge in [-0.3, -0.25) is 10.1 Å². The highest BCUT2D eigenvalue weighted by Crippen LogP contribution is 2.25. The Morgan fingerprint density at radius 2 is 1.54 bits per heavy atom. The summed E-state index contributed by atoms with van der Waals surface area (Å²) in [5.41, 5.74) is 0.952. The summed E-state index contributed by atoms with van der Waals surface area (Å²) in [6, 6.07) is 19.2. The first kappa shape index (κ1) is 18.6. The fraction of sp³-hybridized carbons (Fsp3) is 0.0476. The monoisotopic (exact) mass is 374 g/mol. The van der Waals surface area contributed by atoms with Crippen LogP contribution < -0.4 is 9.47 Å². The van der Waals surface area contributed by atoms with Gasteiger partial charge in [0.2, 0.25) is 0 Å². The molecule has 0 N–H and O–H groups in total. The van der Waals surface area contributed by atoms with Gasteiger partial charge >= 0.3 is 5.97 Å². The van der Waals surface area contributed by atoms with E-state index in [2.05, 4.69) is 0 Å². The van der Waals surface area contributed by atoms with Gasteiger partial charge in [0.1, 0.15) is 17.2 Å². The van der Waals surface area contributed by atoms with Crippen LogP contribution >= 0.6 is 0 Å². The number of carbonyl (C=O) groups excluding carboxylic acids is 1. The van der Waals surface area contributed by atoms with E-state index in [4.69, 9.17) is 14.7 Å². The van der Waals surface area contributed by atoms with Crippen LogP contribution in [0.3, 0.4) is 0 Å². The lowest BCUT2D eigenvalue weighted by Crippen LogP contribution is -2.09.